The number of nitrogens with one attached hydrogen (secondary N) is 3. The van der Waals surface area contributed by atoms with Crippen molar-refractivity contribution >= 4 is 23.4 Å². The van der Waals surface area contributed by atoms with Gasteiger partial charge in [0.25, 0.3) is 0 Å². The largest absolute Gasteiger partial charge is 0.348 e. The first kappa shape index (κ1) is 22.5. The van der Waals surface area contributed by atoms with E-state index in [1.165, 1.54) is 0 Å². The molecule has 6 nitrogen and oxygen atoms in total. The fourth-order valence-corrected chi connectivity index (χ4v) is 3.37. The molecular weight excluding hydrogens is 390 g/mol. The number of hydrogen-bond acceptors (Lipinski definition) is 3. The second-order valence-electron chi connectivity index (χ2n) is 8.57. The number of benzene rings is 2. The Morgan fingerprint density at radius 3 is 2.13 bits per heavy atom. The van der Waals surface area contributed by atoms with Crippen molar-refractivity contribution in [2.24, 2.45) is 11.8 Å². The monoisotopic (exact) mass is 421 g/mol. The van der Waals surface area contributed by atoms with Gasteiger partial charge in [-0.2, -0.15) is 0 Å². The van der Waals surface area contributed by atoms with Crippen molar-refractivity contribution in [3.05, 3.63) is 65.7 Å². The van der Waals surface area contributed by atoms with E-state index in [-0.39, 0.29) is 42.0 Å². The van der Waals surface area contributed by atoms with Crippen molar-refractivity contribution in [1.29, 1.82) is 0 Å². The molecule has 31 heavy (non-hydrogen) atoms. The molecule has 3 rings (SSSR count). The molecule has 0 radical (unpaired) electrons. The van der Waals surface area contributed by atoms with Crippen LogP contribution in [0, 0.1) is 11.8 Å². The molecule has 1 aliphatic rings. The fraction of sp³-hybridized carbons (Fsp3) is 0.400. The van der Waals surface area contributed by atoms with Crippen LogP contribution in [0.1, 0.15) is 50.8 Å². The van der Waals surface area contributed by atoms with Gasteiger partial charge >= 0.3 is 0 Å². The lowest BCUT2D eigenvalue weighted by Gasteiger charge is -2.24. The van der Waals surface area contributed by atoms with Gasteiger partial charge in [0, 0.05) is 11.6 Å². The van der Waals surface area contributed by atoms with Crippen LogP contribution in [0.25, 0.3) is 0 Å². The molecule has 2 unspecified atom stereocenters. The highest BCUT2D eigenvalue weighted by Gasteiger charge is 2.29. The first-order valence-corrected chi connectivity index (χ1v) is 10.9. The topological polar surface area (TPSA) is 87.3 Å². The highest BCUT2D eigenvalue weighted by molar-refractivity contribution is 5.94. The summed E-state index contributed by atoms with van der Waals surface area (Å²) in [4.78, 5) is 37.2. The van der Waals surface area contributed by atoms with Crippen LogP contribution in [0.3, 0.4) is 0 Å². The molecule has 3 amide bonds. The predicted octanol–water partition coefficient (Wildman–Crippen LogP) is 3.60. The molecule has 0 spiro atoms. The van der Waals surface area contributed by atoms with Crippen molar-refractivity contribution in [3.63, 3.8) is 0 Å². The maximum absolute atomic E-state index is 12.9. The standard InChI is InChI=1S/C25H31N3O3/c1-16(2)23(28-22(29)15-18-7-5-4-6-8-18)25(31)26-17(3)19-11-13-21(14-12-19)27-24(30)20-9-10-20/h4-8,11-14,16-17,20,23H,9-10,15H2,1-3H3,(H,26,31)(H,27,30)(H,28,29). The summed E-state index contributed by atoms with van der Waals surface area (Å²) in [6, 6.07) is 16.1. The highest BCUT2D eigenvalue weighted by Crippen LogP contribution is 2.30. The van der Waals surface area contributed by atoms with Crippen LogP contribution in [0.2, 0.25) is 0 Å². The number of carbonyl (C=O) groups is 3. The summed E-state index contributed by atoms with van der Waals surface area (Å²) in [6.07, 6.45) is 2.17. The van der Waals surface area contributed by atoms with E-state index in [2.05, 4.69) is 16.0 Å². The third-order valence-electron chi connectivity index (χ3n) is 5.46. The molecule has 164 valence electrons. The van der Waals surface area contributed by atoms with Gasteiger partial charge in [-0.15, -0.1) is 0 Å². The average molecular weight is 422 g/mol. The van der Waals surface area contributed by atoms with Gasteiger partial charge < -0.3 is 16.0 Å². The Hall–Kier alpha value is -3.15. The molecule has 1 aliphatic carbocycles. The van der Waals surface area contributed by atoms with Gasteiger partial charge in [0.05, 0.1) is 12.5 Å². The van der Waals surface area contributed by atoms with Crippen LogP contribution in [0.5, 0.6) is 0 Å². The number of rotatable bonds is 9. The summed E-state index contributed by atoms with van der Waals surface area (Å²) >= 11 is 0. The minimum Gasteiger partial charge on any atom is -0.348 e. The Morgan fingerprint density at radius 2 is 1.55 bits per heavy atom. The zero-order chi connectivity index (χ0) is 22.4. The lowest BCUT2D eigenvalue weighted by atomic mass is 10.0. The molecule has 6 heteroatoms. The van der Waals surface area contributed by atoms with E-state index in [4.69, 9.17) is 0 Å². The van der Waals surface area contributed by atoms with Gasteiger partial charge in [-0.25, -0.2) is 0 Å². The van der Waals surface area contributed by atoms with E-state index in [0.717, 1.165) is 29.7 Å². The number of amides is 3. The van der Waals surface area contributed by atoms with Crippen LogP contribution >= 0.6 is 0 Å². The van der Waals surface area contributed by atoms with E-state index in [9.17, 15) is 14.4 Å². The van der Waals surface area contributed by atoms with E-state index in [0.29, 0.717) is 0 Å². The third-order valence-corrected chi connectivity index (χ3v) is 5.46. The van der Waals surface area contributed by atoms with Crippen molar-refractivity contribution in [1.82, 2.24) is 10.6 Å². The maximum atomic E-state index is 12.9. The van der Waals surface area contributed by atoms with Gasteiger partial charge in [-0.1, -0.05) is 56.3 Å². The normalized spacial score (nSPS) is 15.1. The van der Waals surface area contributed by atoms with Crippen molar-refractivity contribution in [2.75, 3.05) is 5.32 Å². The van der Waals surface area contributed by atoms with E-state index in [1.807, 2.05) is 75.4 Å². The Bertz CT molecular complexity index is 905. The smallest absolute Gasteiger partial charge is 0.243 e. The molecule has 0 saturated heterocycles. The number of hydrogen-bond donors (Lipinski definition) is 3. The molecular formula is C25H31N3O3. The zero-order valence-electron chi connectivity index (χ0n) is 18.4. The summed E-state index contributed by atoms with van der Waals surface area (Å²) in [5.41, 5.74) is 2.59. The predicted molar refractivity (Wildman–Crippen MR) is 121 cm³/mol. The molecule has 0 aliphatic heterocycles. The van der Waals surface area contributed by atoms with Gasteiger partial charge in [0.2, 0.25) is 17.7 Å². The maximum Gasteiger partial charge on any atom is 0.243 e. The Morgan fingerprint density at radius 1 is 0.903 bits per heavy atom. The van der Waals surface area contributed by atoms with Crippen LogP contribution in [0.4, 0.5) is 5.69 Å². The van der Waals surface area contributed by atoms with Crippen molar-refractivity contribution in [3.8, 4) is 0 Å². The van der Waals surface area contributed by atoms with Crippen LogP contribution < -0.4 is 16.0 Å². The Labute approximate surface area is 183 Å². The summed E-state index contributed by atoms with van der Waals surface area (Å²) in [5.74, 6) is -0.214. The molecule has 2 aromatic rings. The van der Waals surface area contributed by atoms with Crippen LogP contribution in [-0.2, 0) is 20.8 Å². The highest BCUT2D eigenvalue weighted by atomic mass is 16.2. The van der Waals surface area contributed by atoms with E-state index in [1.54, 1.807) is 0 Å². The second-order valence-corrected chi connectivity index (χ2v) is 8.57. The second kappa shape index (κ2) is 10.2. The molecule has 0 aromatic heterocycles. The van der Waals surface area contributed by atoms with Crippen molar-refractivity contribution < 1.29 is 14.4 Å². The molecule has 1 fully saturated rings. The lowest BCUT2D eigenvalue weighted by molar-refractivity contribution is -0.130. The first-order chi connectivity index (χ1) is 14.8. The fourth-order valence-electron chi connectivity index (χ4n) is 3.37. The van der Waals surface area contributed by atoms with Gasteiger partial charge in [0.15, 0.2) is 0 Å². The van der Waals surface area contributed by atoms with Crippen LogP contribution in [-0.4, -0.2) is 23.8 Å². The zero-order valence-corrected chi connectivity index (χ0v) is 18.4. The number of carbonyl (C=O) groups excluding carboxylic acids is 3. The molecule has 1 saturated carbocycles. The molecule has 0 bridgehead atoms. The molecule has 2 atom stereocenters. The van der Waals surface area contributed by atoms with Gasteiger partial charge in [-0.05, 0) is 48.9 Å². The Balaban J connectivity index is 1.55. The van der Waals surface area contributed by atoms with E-state index < -0.39 is 6.04 Å². The summed E-state index contributed by atoms with van der Waals surface area (Å²) in [7, 11) is 0. The quantitative estimate of drug-likeness (QED) is 0.578. The minimum absolute atomic E-state index is 0.0491. The van der Waals surface area contributed by atoms with Gasteiger partial charge in [0.1, 0.15) is 6.04 Å². The van der Waals surface area contributed by atoms with E-state index >= 15 is 0 Å². The molecule has 0 heterocycles. The lowest BCUT2D eigenvalue weighted by Crippen LogP contribution is -2.50. The summed E-state index contributed by atoms with van der Waals surface area (Å²) in [6.45, 7) is 5.73. The molecule has 2 aromatic carbocycles. The van der Waals surface area contributed by atoms with Gasteiger partial charge in [-0.3, -0.25) is 14.4 Å². The SMILES string of the molecule is CC(NC(=O)C(NC(=O)Cc1ccccc1)C(C)C)c1ccc(NC(=O)C2CC2)cc1. The Kier molecular flexibility index (Phi) is 7.45. The first-order valence-electron chi connectivity index (χ1n) is 10.9. The summed E-state index contributed by atoms with van der Waals surface area (Å²) in [5, 5.41) is 8.78. The number of anilines is 1. The molecule has 3 N–H and O–H groups in total. The summed E-state index contributed by atoms with van der Waals surface area (Å²) < 4.78 is 0. The average Bonchev–Trinajstić information content (AvgIpc) is 3.58. The third kappa shape index (κ3) is 6.67. The van der Waals surface area contributed by atoms with Crippen molar-refractivity contribution in [2.45, 2.75) is 52.1 Å². The minimum atomic E-state index is -0.615. The van der Waals surface area contributed by atoms with Crippen LogP contribution in [0.15, 0.2) is 54.6 Å².